The zero-order chi connectivity index (χ0) is 29.2. The maximum Gasteiger partial charge on any atom is 0.227 e. The van der Waals surface area contributed by atoms with Crippen molar-refractivity contribution in [3.05, 3.63) is 120 Å². The fourth-order valence-electron chi connectivity index (χ4n) is 5.96. The average Bonchev–Trinajstić information content (AvgIpc) is 3.55. The van der Waals surface area contributed by atoms with Gasteiger partial charge in [-0.1, -0.05) is 108 Å². The Bertz CT molecular complexity index is 2020. The van der Waals surface area contributed by atoms with Crippen molar-refractivity contribution in [2.24, 2.45) is 0 Å². The number of oxazole rings is 1. The number of rotatable bonds is 3. The van der Waals surface area contributed by atoms with Gasteiger partial charge in [-0.25, -0.2) is 4.98 Å². The molecule has 2 heterocycles. The second kappa shape index (κ2) is 9.46. The van der Waals surface area contributed by atoms with Crippen molar-refractivity contribution in [3.63, 3.8) is 0 Å². The van der Waals surface area contributed by atoms with E-state index in [0.29, 0.717) is 5.89 Å². The van der Waals surface area contributed by atoms with Crippen molar-refractivity contribution in [2.75, 3.05) is 0 Å². The van der Waals surface area contributed by atoms with Gasteiger partial charge >= 0.3 is 0 Å². The van der Waals surface area contributed by atoms with Crippen LogP contribution in [0.15, 0.2) is 114 Å². The Hall–Kier alpha value is -4.63. The molecule has 0 atom stereocenters. The molecule has 0 bridgehead atoms. The Morgan fingerprint density at radius 1 is 0.571 bits per heavy atom. The molecule has 0 fully saturated rings. The lowest BCUT2D eigenvalue weighted by Gasteiger charge is -2.24. The third kappa shape index (κ3) is 4.41. The molecule has 0 spiro atoms. The normalized spacial score (nSPS) is 12.5. The Morgan fingerprint density at radius 3 is 1.64 bits per heavy atom. The maximum absolute atomic E-state index is 6.44. The molecular weight excluding hydrogens is 512 g/mol. The summed E-state index contributed by atoms with van der Waals surface area (Å²) in [6.07, 6.45) is 0. The molecule has 42 heavy (non-hydrogen) atoms. The van der Waals surface area contributed by atoms with E-state index in [0.717, 1.165) is 27.9 Å². The third-order valence-electron chi connectivity index (χ3n) is 8.33. The van der Waals surface area contributed by atoms with Gasteiger partial charge in [0.15, 0.2) is 5.58 Å². The molecule has 0 amide bonds. The van der Waals surface area contributed by atoms with E-state index in [2.05, 4.69) is 155 Å². The molecule has 0 unspecified atom stereocenters. The number of benzene rings is 5. The highest BCUT2D eigenvalue weighted by molar-refractivity contribution is 6.09. The smallest absolute Gasteiger partial charge is 0.227 e. The molecule has 208 valence electrons. The van der Waals surface area contributed by atoms with Gasteiger partial charge in [-0.3, -0.25) is 0 Å². The maximum atomic E-state index is 6.44. The summed E-state index contributed by atoms with van der Waals surface area (Å²) in [5, 5.41) is 2.55. The highest BCUT2D eigenvalue weighted by atomic mass is 16.3. The van der Waals surface area contributed by atoms with Crippen LogP contribution >= 0.6 is 0 Å². The number of para-hydroxylation sites is 2. The van der Waals surface area contributed by atoms with Crippen LogP contribution in [0.5, 0.6) is 0 Å². The van der Waals surface area contributed by atoms with Gasteiger partial charge in [-0.05, 0) is 70.0 Å². The molecule has 5 aromatic carbocycles. The number of nitrogens with zero attached hydrogens (tertiary/aromatic N) is 2. The summed E-state index contributed by atoms with van der Waals surface area (Å²) < 4.78 is 8.79. The standard InChI is InChI=1S/C39H36N2O/c1-38(2,3)28-23-32(39(4,5)6)36-33(24-28)40-37(42-36)27-17-15-25(16-18-27)26-19-21-29(22-20-26)41-34-13-9-7-11-30(34)31-12-8-10-14-35(31)41/h7-24H,1-6H3. The molecule has 2 aromatic heterocycles. The van der Waals surface area contributed by atoms with E-state index in [1.165, 1.54) is 38.5 Å². The van der Waals surface area contributed by atoms with Crippen LogP contribution in [0.4, 0.5) is 0 Å². The fourth-order valence-corrected chi connectivity index (χ4v) is 5.96. The summed E-state index contributed by atoms with van der Waals surface area (Å²) in [6, 6.07) is 39.1. The highest BCUT2D eigenvalue weighted by Crippen LogP contribution is 2.38. The molecule has 7 rings (SSSR count). The summed E-state index contributed by atoms with van der Waals surface area (Å²) in [6.45, 7) is 13.4. The first-order valence-electron chi connectivity index (χ1n) is 14.7. The topological polar surface area (TPSA) is 31.0 Å². The molecule has 0 radical (unpaired) electrons. The minimum absolute atomic E-state index is 0.0338. The third-order valence-corrected chi connectivity index (χ3v) is 8.33. The molecular formula is C39H36N2O. The lowest BCUT2D eigenvalue weighted by atomic mass is 9.80. The van der Waals surface area contributed by atoms with Crippen molar-refractivity contribution < 1.29 is 4.42 Å². The predicted octanol–water partition coefficient (Wildman–Crippen LogP) is 10.9. The van der Waals surface area contributed by atoms with E-state index in [1.54, 1.807) is 0 Å². The molecule has 0 saturated carbocycles. The van der Waals surface area contributed by atoms with E-state index in [-0.39, 0.29) is 10.8 Å². The van der Waals surface area contributed by atoms with E-state index < -0.39 is 0 Å². The SMILES string of the molecule is CC(C)(C)c1cc(C(C)(C)C)c2oc(-c3ccc(-c4ccc(-n5c6ccccc6c6ccccc65)cc4)cc3)nc2c1. The molecule has 0 aliphatic rings. The lowest BCUT2D eigenvalue weighted by molar-refractivity contribution is 0.552. The predicted molar refractivity (Wildman–Crippen MR) is 177 cm³/mol. The van der Waals surface area contributed by atoms with Gasteiger partial charge in [0.05, 0.1) is 11.0 Å². The Morgan fingerprint density at radius 2 is 1.10 bits per heavy atom. The van der Waals surface area contributed by atoms with Crippen LogP contribution < -0.4 is 0 Å². The van der Waals surface area contributed by atoms with Gasteiger partial charge in [0, 0.05) is 27.6 Å². The molecule has 3 heteroatoms. The molecule has 0 N–H and O–H groups in total. The first-order chi connectivity index (χ1) is 20.1. The van der Waals surface area contributed by atoms with Crippen LogP contribution in [0.2, 0.25) is 0 Å². The van der Waals surface area contributed by atoms with Crippen LogP contribution in [-0.2, 0) is 10.8 Å². The summed E-state index contributed by atoms with van der Waals surface area (Å²) >= 11 is 0. The van der Waals surface area contributed by atoms with Crippen LogP contribution in [0.3, 0.4) is 0 Å². The number of fused-ring (bicyclic) bond motifs is 4. The monoisotopic (exact) mass is 548 g/mol. The lowest BCUT2D eigenvalue weighted by Crippen LogP contribution is -2.16. The summed E-state index contributed by atoms with van der Waals surface area (Å²) in [4.78, 5) is 4.95. The van der Waals surface area contributed by atoms with E-state index in [9.17, 15) is 0 Å². The summed E-state index contributed by atoms with van der Waals surface area (Å²) in [7, 11) is 0. The number of aromatic nitrogens is 2. The van der Waals surface area contributed by atoms with Crippen molar-refractivity contribution in [3.8, 4) is 28.3 Å². The highest BCUT2D eigenvalue weighted by Gasteiger charge is 2.25. The van der Waals surface area contributed by atoms with Crippen LogP contribution in [0.25, 0.3) is 61.2 Å². The molecule has 7 aromatic rings. The van der Waals surface area contributed by atoms with Crippen molar-refractivity contribution in [1.82, 2.24) is 9.55 Å². The zero-order valence-electron chi connectivity index (χ0n) is 25.2. The largest absolute Gasteiger partial charge is 0.436 e. The van der Waals surface area contributed by atoms with Gasteiger partial charge in [-0.2, -0.15) is 0 Å². The van der Waals surface area contributed by atoms with Gasteiger partial charge in [-0.15, -0.1) is 0 Å². The van der Waals surface area contributed by atoms with Crippen molar-refractivity contribution >= 4 is 32.9 Å². The second-order valence-corrected chi connectivity index (χ2v) is 13.4. The first kappa shape index (κ1) is 26.3. The van der Waals surface area contributed by atoms with E-state index in [1.807, 2.05) is 0 Å². The summed E-state index contributed by atoms with van der Waals surface area (Å²) in [5.74, 6) is 0.662. The van der Waals surface area contributed by atoms with Gasteiger partial charge in [0.2, 0.25) is 5.89 Å². The van der Waals surface area contributed by atoms with Gasteiger partial charge < -0.3 is 8.98 Å². The van der Waals surface area contributed by atoms with Crippen LogP contribution in [-0.4, -0.2) is 9.55 Å². The quantitative estimate of drug-likeness (QED) is 0.220. The molecule has 0 saturated heterocycles. The fraction of sp³-hybridized carbons (Fsp3) is 0.205. The molecule has 3 nitrogen and oxygen atoms in total. The number of hydrogen-bond donors (Lipinski definition) is 0. The van der Waals surface area contributed by atoms with Crippen LogP contribution in [0.1, 0.15) is 52.7 Å². The Kier molecular flexibility index (Phi) is 5.92. The van der Waals surface area contributed by atoms with E-state index >= 15 is 0 Å². The van der Waals surface area contributed by atoms with Crippen molar-refractivity contribution in [1.29, 1.82) is 0 Å². The van der Waals surface area contributed by atoms with Crippen molar-refractivity contribution in [2.45, 2.75) is 52.4 Å². The molecule has 0 aliphatic carbocycles. The number of hydrogen-bond acceptors (Lipinski definition) is 2. The zero-order valence-corrected chi connectivity index (χ0v) is 25.2. The Balaban J connectivity index is 1.23. The minimum Gasteiger partial charge on any atom is -0.436 e. The van der Waals surface area contributed by atoms with Crippen LogP contribution in [0, 0.1) is 0 Å². The molecule has 0 aliphatic heterocycles. The van der Waals surface area contributed by atoms with E-state index in [4.69, 9.17) is 9.40 Å². The first-order valence-corrected chi connectivity index (χ1v) is 14.7. The Labute approximate surface area is 247 Å². The van der Waals surface area contributed by atoms with Gasteiger partial charge in [0.1, 0.15) is 5.52 Å². The second-order valence-electron chi connectivity index (χ2n) is 13.4. The average molecular weight is 549 g/mol. The minimum atomic E-state index is -0.0500. The summed E-state index contributed by atoms with van der Waals surface area (Å²) in [5.41, 5.74) is 11.2. The van der Waals surface area contributed by atoms with Gasteiger partial charge in [0.25, 0.3) is 0 Å².